The van der Waals surface area contributed by atoms with E-state index in [2.05, 4.69) is 5.32 Å². The molecule has 1 unspecified atom stereocenters. The van der Waals surface area contributed by atoms with E-state index in [0.29, 0.717) is 17.3 Å². The van der Waals surface area contributed by atoms with Gasteiger partial charge in [0.1, 0.15) is 5.75 Å². The Hall–Kier alpha value is -1.26. The molecule has 1 aromatic carbocycles. The molecule has 0 bridgehead atoms. The number of carbonyl (C=O) groups is 1. The van der Waals surface area contributed by atoms with Gasteiger partial charge in [0.25, 0.3) is 5.91 Å². The predicted octanol–water partition coefficient (Wildman–Crippen LogP) is 1.87. The average Bonchev–Trinajstić information content (AvgIpc) is 2.27. The summed E-state index contributed by atoms with van der Waals surface area (Å²) >= 11 is 5.88. The van der Waals surface area contributed by atoms with E-state index in [1.807, 2.05) is 13.8 Å². The molecule has 0 radical (unpaired) electrons. The number of nitrogens with one attached hydrogen (secondary N) is 1. The fourth-order valence-electron chi connectivity index (χ4n) is 1.40. The Balaban J connectivity index is 2.73. The summed E-state index contributed by atoms with van der Waals surface area (Å²) in [5.74, 6) is 0.439. The van der Waals surface area contributed by atoms with Crippen molar-refractivity contribution in [1.29, 1.82) is 0 Å². The number of benzene rings is 1. The molecular weight excluding hydrogens is 240 g/mol. The molecule has 0 aliphatic heterocycles. The van der Waals surface area contributed by atoms with Crippen LogP contribution in [0.25, 0.3) is 0 Å². The molecular formula is C12H17ClN2O2. The largest absolute Gasteiger partial charge is 0.483 e. The van der Waals surface area contributed by atoms with Crippen molar-refractivity contribution >= 4 is 17.5 Å². The topological polar surface area (TPSA) is 64.3 Å². The van der Waals surface area contributed by atoms with Crippen LogP contribution in [0.5, 0.6) is 5.75 Å². The smallest absolute Gasteiger partial charge is 0.257 e. The first kappa shape index (κ1) is 13.8. The van der Waals surface area contributed by atoms with Crippen LogP contribution in [0, 0.1) is 0 Å². The van der Waals surface area contributed by atoms with Gasteiger partial charge in [-0.05, 0) is 32.0 Å². The third-order valence-electron chi connectivity index (χ3n) is 2.20. The Morgan fingerprint density at radius 2 is 2.29 bits per heavy atom. The highest BCUT2D eigenvalue weighted by atomic mass is 35.5. The minimum absolute atomic E-state index is 0.0187. The van der Waals surface area contributed by atoms with Crippen molar-refractivity contribution in [2.75, 3.05) is 13.2 Å². The van der Waals surface area contributed by atoms with E-state index in [4.69, 9.17) is 22.1 Å². The minimum atomic E-state index is -0.196. The monoisotopic (exact) mass is 256 g/mol. The van der Waals surface area contributed by atoms with Gasteiger partial charge in [-0.1, -0.05) is 11.6 Å². The van der Waals surface area contributed by atoms with Gasteiger partial charge in [0.05, 0.1) is 0 Å². The molecule has 1 atom stereocenters. The predicted molar refractivity (Wildman–Crippen MR) is 68.2 cm³/mol. The number of rotatable bonds is 5. The molecule has 5 heteroatoms. The summed E-state index contributed by atoms with van der Waals surface area (Å²) in [6.45, 7) is 4.26. The van der Waals surface area contributed by atoms with Crippen molar-refractivity contribution in [3.05, 3.63) is 28.8 Å². The first-order valence-corrected chi connectivity index (χ1v) is 5.87. The maximum Gasteiger partial charge on any atom is 0.257 e. The van der Waals surface area contributed by atoms with Crippen molar-refractivity contribution in [2.45, 2.75) is 19.9 Å². The third kappa shape index (κ3) is 4.24. The molecule has 0 aliphatic carbocycles. The van der Waals surface area contributed by atoms with E-state index in [-0.39, 0.29) is 18.6 Å². The lowest BCUT2D eigenvalue weighted by Gasteiger charge is -2.14. The lowest BCUT2D eigenvalue weighted by atomic mass is 10.1. The maximum atomic E-state index is 11.3. The lowest BCUT2D eigenvalue weighted by molar-refractivity contribution is -0.122. The molecule has 0 aromatic heterocycles. The number of carbonyl (C=O) groups excluding carboxylic acids is 1. The van der Waals surface area contributed by atoms with Crippen molar-refractivity contribution in [1.82, 2.24) is 5.32 Å². The maximum absolute atomic E-state index is 11.3. The van der Waals surface area contributed by atoms with Gasteiger partial charge in [-0.2, -0.15) is 0 Å². The number of nitrogens with two attached hydrogens (primary N) is 1. The van der Waals surface area contributed by atoms with Crippen LogP contribution in [-0.4, -0.2) is 19.1 Å². The highest BCUT2D eigenvalue weighted by Gasteiger charge is 2.10. The zero-order valence-corrected chi connectivity index (χ0v) is 10.8. The Bertz CT molecular complexity index is 394. The fourth-order valence-corrected chi connectivity index (χ4v) is 1.58. The Morgan fingerprint density at radius 3 is 2.88 bits per heavy atom. The van der Waals surface area contributed by atoms with Crippen LogP contribution in [-0.2, 0) is 4.79 Å². The number of halogens is 1. The molecule has 0 fully saturated rings. The summed E-state index contributed by atoms with van der Waals surface area (Å²) in [7, 11) is 0. The van der Waals surface area contributed by atoms with E-state index >= 15 is 0 Å². The lowest BCUT2D eigenvalue weighted by Crippen LogP contribution is -2.28. The van der Waals surface area contributed by atoms with E-state index < -0.39 is 0 Å². The SMILES string of the molecule is CCNC(=O)COc1ccc(Cl)cc1C(C)N. The second-order valence-electron chi connectivity index (χ2n) is 3.71. The molecule has 17 heavy (non-hydrogen) atoms. The van der Waals surface area contributed by atoms with Crippen LogP contribution >= 0.6 is 11.6 Å². The highest BCUT2D eigenvalue weighted by molar-refractivity contribution is 6.30. The third-order valence-corrected chi connectivity index (χ3v) is 2.43. The summed E-state index contributed by atoms with van der Waals surface area (Å²) in [6, 6.07) is 4.98. The summed E-state index contributed by atoms with van der Waals surface area (Å²) < 4.78 is 5.42. The second-order valence-corrected chi connectivity index (χ2v) is 4.15. The number of hydrogen-bond acceptors (Lipinski definition) is 3. The Labute approximate surface area is 106 Å². The van der Waals surface area contributed by atoms with Gasteiger partial charge in [-0.25, -0.2) is 0 Å². The standard InChI is InChI=1S/C12H17ClN2O2/c1-3-15-12(16)7-17-11-5-4-9(13)6-10(11)8(2)14/h4-6,8H,3,7,14H2,1-2H3,(H,15,16). The fraction of sp³-hybridized carbons (Fsp3) is 0.417. The molecule has 0 heterocycles. The highest BCUT2D eigenvalue weighted by Crippen LogP contribution is 2.27. The zero-order valence-electron chi connectivity index (χ0n) is 10.00. The van der Waals surface area contributed by atoms with E-state index in [0.717, 1.165) is 5.56 Å². The molecule has 0 spiro atoms. The molecule has 1 amide bonds. The van der Waals surface area contributed by atoms with E-state index in [1.54, 1.807) is 18.2 Å². The van der Waals surface area contributed by atoms with Crippen molar-refractivity contribution < 1.29 is 9.53 Å². The van der Waals surface area contributed by atoms with Gasteiger partial charge in [0.2, 0.25) is 0 Å². The van der Waals surface area contributed by atoms with Crippen LogP contribution in [0.3, 0.4) is 0 Å². The molecule has 0 aliphatic rings. The normalized spacial score (nSPS) is 12.0. The first-order chi connectivity index (χ1) is 8.04. The summed E-state index contributed by atoms with van der Waals surface area (Å²) in [5, 5.41) is 3.25. The molecule has 4 nitrogen and oxygen atoms in total. The number of amides is 1. The first-order valence-electron chi connectivity index (χ1n) is 5.49. The molecule has 3 N–H and O–H groups in total. The van der Waals surface area contributed by atoms with Crippen molar-refractivity contribution in [3.63, 3.8) is 0 Å². The molecule has 1 aromatic rings. The van der Waals surface area contributed by atoms with Gasteiger partial charge >= 0.3 is 0 Å². The van der Waals surface area contributed by atoms with Crippen LogP contribution < -0.4 is 15.8 Å². The molecule has 0 saturated heterocycles. The van der Waals surface area contributed by atoms with Gasteiger partial charge < -0.3 is 15.8 Å². The molecule has 1 rings (SSSR count). The van der Waals surface area contributed by atoms with Crippen molar-refractivity contribution in [2.24, 2.45) is 5.73 Å². The van der Waals surface area contributed by atoms with Gasteiger partial charge in [0.15, 0.2) is 6.61 Å². The minimum Gasteiger partial charge on any atom is -0.483 e. The van der Waals surface area contributed by atoms with Crippen LogP contribution in [0.15, 0.2) is 18.2 Å². The van der Waals surface area contributed by atoms with Crippen LogP contribution in [0.4, 0.5) is 0 Å². The van der Waals surface area contributed by atoms with Crippen LogP contribution in [0.1, 0.15) is 25.5 Å². The number of likely N-dealkylation sites (N-methyl/N-ethyl adjacent to an activating group) is 1. The van der Waals surface area contributed by atoms with E-state index in [9.17, 15) is 4.79 Å². The Morgan fingerprint density at radius 1 is 1.59 bits per heavy atom. The van der Waals surface area contributed by atoms with Gasteiger partial charge in [-0.3, -0.25) is 4.79 Å². The quantitative estimate of drug-likeness (QED) is 0.845. The summed E-state index contributed by atoms with van der Waals surface area (Å²) in [6.07, 6.45) is 0. The average molecular weight is 257 g/mol. The number of ether oxygens (including phenoxy) is 1. The van der Waals surface area contributed by atoms with Gasteiger partial charge in [-0.15, -0.1) is 0 Å². The second kappa shape index (κ2) is 6.47. The Kier molecular flexibility index (Phi) is 5.25. The zero-order chi connectivity index (χ0) is 12.8. The van der Waals surface area contributed by atoms with Crippen molar-refractivity contribution in [3.8, 4) is 5.75 Å². The number of hydrogen-bond donors (Lipinski definition) is 2. The summed E-state index contributed by atoms with van der Waals surface area (Å²) in [5.41, 5.74) is 6.60. The van der Waals surface area contributed by atoms with Crippen LogP contribution in [0.2, 0.25) is 5.02 Å². The van der Waals surface area contributed by atoms with E-state index in [1.165, 1.54) is 0 Å². The molecule has 0 saturated carbocycles. The van der Waals surface area contributed by atoms with Gasteiger partial charge in [0, 0.05) is 23.2 Å². The summed E-state index contributed by atoms with van der Waals surface area (Å²) in [4.78, 5) is 11.3. The molecule has 94 valence electrons.